The Hall–Kier alpha value is -2.58. The predicted octanol–water partition coefficient (Wildman–Crippen LogP) is 1.95. The van der Waals surface area contributed by atoms with E-state index in [1.165, 1.54) is 6.33 Å². The summed E-state index contributed by atoms with van der Waals surface area (Å²) in [6, 6.07) is 7.63. The molecule has 2 aromatic rings. The van der Waals surface area contributed by atoms with Crippen LogP contribution in [0.1, 0.15) is 6.42 Å². The third-order valence-corrected chi connectivity index (χ3v) is 4.29. The van der Waals surface area contributed by atoms with Crippen molar-refractivity contribution in [1.29, 1.82) is 0 Å². The fourth-order valence-corrected chi connectivity index (χ4v) is 2.85. The van der Waals surface area contributed by atoms with Gasteiger partial charge in [0.15, 0.2) is 11.6 Å². The number of ether oxygens (including phenoxy) is 2. The monoisotopic (exact) mass is 358 g/mol. The lowest BCUT2D eigenvalue weighted by Gasteiger charge is -2.26. The Labute approximate surface area is 153 Å². The SMILES string of the molecule is COc1ccccc1Nc1ncnc(NCCCN2CCOCC2)c1N. The second kappa shape index (κ2) is 9.21. The molecule has 0 aliphatic carbocycles. The van der Waals surface area contributed by atoms with Crippen LogP contribution in [0, 0.1) is 0 Å². The van der Waals surface area contributed by atoms with E-state index >= 15 is 0 Å². The van der Waals surface area contributed by atoms with Gasteiger partial charge in [0, 0.05) is 19.6 Å². The molecule has 3 rings (SSSR count). The molecule has 8 nitrogen and oxygen atoms in total. The highest BCUT2D eigenvalue weighted by molar-refractivity contribution is 5.79. The van der Waals surface area contributed by atoms with Crippen molar-refractivity contribution in [3.8, 4) is 5.75 Å². The van der Waals surface area contributed by atoms with Crippen LogP contribution in [0.25, 0.3) is 0 Å². The number of nitrogens with one attached hydrogen (secondary N) is 2. The van der Waals surface area contributed by atoms with Gasteiger partial charge in [-0.1, -0.05) is 12.1 Å². The van der Waals surface area contributed by atoms with Gasteiger partial charge in [-0.3, -0.25) is 4.90 Å². The van der Waals surface area contributed by atoms with Crippen LogP contribution >= 0.6 is 0 Å². The first-order valence-corrected chi connectivity index (χ1v) is 8.82. The number of nitrogens with zero attached hydrogens (tertiary/aromatic N) is 3. The van der Waals surface area contributed by atoms with Crippen molar-refractivity contribution in [3.63, 3.8) is 0 Å². The highest BCUT2D eigenvalue weighted by atomic mass is 16.5. The van der Waals surface area contributed by atoms with Crippen LogP contribution in [0.15, 0.2) is 30.6 Å². The molecule has 0 atom stereocenters. The molecule has 0 spiro atoms. The van der Waals surface area contributed by atoms with E-state index in [4.69, 9.17) is 15.2 Å². The maximum absolute atomic E-state index is 6.23. The zero-order valence-electron chi connectivity index (χ0n) is 15.1. The molecule has 4 N–H and O–H groups in total. The molecule has 1 aliphatic rings. The van der Waals surface area contributed by atoms with Gasteiger partial charge < -0.3 is 25.8 Å². The molecule has 1 aliphatic heterocycles. The largest absolute Gasteiger partial charge is 0.495 e. The van der Waals surface area contributed by atoms with Crippen LogP contribution < -0.4 is 21.1 Å². The van der Waals surface area contributed by atoms with Gasteiger partial charge in [0.1, 0.15) is 17.8 Å². The van der Waals surface area contributed by atoms with Gasteiger partial charge in [0.05, 0.1) is 26.0 Å². The van der Waals surface area contributed by atoms with Gasteiger partial charge in [-0.25, -0.2) is 9.97 Å². The van der Waals surface area contributed by atoms with E-state index in [-0.39, 0.29) is 0 Å². The van der Waals surface area contributed by atoms with Crippen LogP contribution in [0.4, 0.5) is 23.0 Å². The molecule has 1 fully saturated rings. The van der Waals surface area contributed by atoms with Gasteiger partial charge >= 0.3 is 0 Å². The molecule has 0 unspecified atom stereocenters. The van der Waals surface area contributed by atoms with Crippen molar-refractivity contribution in [2.75, 3.05) is 62.9 Å². The zero-order valence-corrected chi connectivity index (χ0v) is 15.1. The minimum Gasteiger partial charge on any atom is -0.495 e. The highest BCUT2D eigenvalue weighted by Gasteiger charge is 2.12. The van der Waals surface area contributed by atoms with Crippen LogP contribution in [-0.4, -0.2) is 61.4 Å². The molecule has 8 heteroatoms. The minimum atomic E-state index is 0.491. The van der Waals surface area contributed by atoms with Gasteiger partial charge in [-0.15, -0.1) is 0 Å². The zero-order chi connectivity index (χ0) is 18.2. The minimum absolute atomic E-state index is 0.491. The number of aromatic nitrogens is 2. The number of hydrogen-bond acceptors (Lipinski definition) is 8. The Morgan fingerprint density at radius 2 is 1.96 bits per heavy atom. The topological polar surface area (TPSA) is 97.6 Å². The van der Waals surface area contributed by atoms with Crippen molar-refractivity contribution < 1.29 is 9.47 Å². The third kappa shape index (κ3) is 4.74. The summed E-state index contributed by atoms with van der Waals surface area (Å²) in [5.74, 6) is 1.92. The Morgan fingerprint density at radius 3 is 2.77 bits per heavy atom. The number of rotatable bonds is 8. The molecular formula is C18H26N6O2. The Morgan fingerprint density at radius 1 is 1.19 bits per heavy atom. The molecular weight excluding hydrogens is 332 g/mol. The van der Waals surface area contributed by atoms with Crippen LogP contribution in [0.5, 0.6) is 5.75 Å². The lowest BCUT2D eigenvalue weighted by atomic mass is 10.3. The van der Waals surface area contributed by atoms with Gasteiger partial charge in [-0.05, 0) is 25.1 Å². The number of methoxy groups -OCH3 is 1. The van der Waals surface area contributed by atoms with E-state index in [2.05, 4.69) is 25.5 Å². The number of hydrogen-bond donors (Lipinski definition) is 3. The number of anilines is 4. The molecule has 0 amide bonds. The Balaban J connectivity index is 1.56. The third-order valence-electron chi connectivity index (χ3n) is 4.29. The number of para-hydroxylation sites is 2. The highest BCUT2D eigenvalue weighted by Crippen LogP contribution is 2.30. The normalized spacial score (nSPS) is 14.8. The first-order valence-electron chi connectivity index (χ1n) is 8.82. The number of nitrogens with two attached hydrogens (primary N) is 1. The smallest absolute Gasteiger partial charge is 0.159 e. The molecule has 1 saturated heterocycles. The second-order valence-corrected chi connectivity index (χ2v) is 6.04. The molecule has 140 valence electrons. The van der Waals surface area contributed by atoms with E-state index in [0.717, 1.165) is 57.3 Å². The van der Waals surface area contributed by atoms with Gasteiger partial charge in [-0.2, -0.15) is 0 Å². The summed E-state index contributed by atoms with van der Waals surface area (Å²) in [5, 5.41) is 6.51. The van der Waals surface area contributed by atoms with E-state index in [1.807, 2.05) is 24.3 Å². The standard InChI is InChI=1S/C18H26N6O2/c1-25-15-6-3-2-5-14(15)23-18-16(19)17(21-13-22-18)20-7-4-8-24-9-11-26-12-10-24/h2-3,5-6,13H,4,7-12,19H2,1H3,(H2,20,21,22,23). The van der Waals surface area contributed by atoms with Crippen LogP contribution in [-0.2, 0) is 4.74 Å². The van der Waals surface area contributed by atoms with Gasteiger partial charge in [0.2, 0.25) is 0 Å². The van der Waals surface area contributed by atoms with Crippen molar-refractivity contribution in [1.82, 2.24) is 14.9 Å². The second-order valence-electron chi connectivity index (χ2n) is 6.04. The molecule has 2 heterocycles. The predicted molar refractivity (Wildman–Crippen MR) is 103 cm³/mol. The maximum Gasteiger partial charge on any atom is 0.159 e. The molecule has 0 bridgehead atoms. The number of morpholine rings is 1. The average Bonchev–Trinajstić information content (AvgIpc) is 2.69. The first kappa shape index (κ1) is 18.2. The van der Waals surface area contributed by atoms with E-state index < -0.39 is 0 Å². The van der Waals surface area contributed by atoms with E-state index in [0.29, 0.717) is 17.3 Å². The van der Waals surface area contributed by atoms with Gasteiger partial charge in [0.25, 0.3) is 0 Å². The summed E-state index contributed by atoms with van der Waals surface area (Å²) in [4.78, 5) is 10.9. The molecule has 1 aromatic carbocycles. The quantitative estimate of drug-likeness (QED) is 0.616. The number of benzene rings is 1. The van der Waals surface area contributed by atoms with Crippen molar-refractivity contribution >= 4 is 23.0 Å². The summed E-state index contributed by atoms with van der Waals surface area (Å²) < 4.78 is 10.7. The summed E-state index contributed by atoms with van der Waals surface area (Å²) in [7, 11) is 1.63. The lowest BCUT2D eigenvalue weighted by Crippen LogP contribution is -2.37. The van der Waals surface area contributed by atoms with Crippen molar-refractivity contribution in [2.45, 2.75) is 6.42 Å². The molecule has 26 heavy (non-hydrogen) atoms. The van der Waals surface area contributed by atoms with E-state index in [9.17, 15) is 0 Å². The molecule has 1 aromatic heterocycles. The van der Waals surface area contributed by atoms with E-state index in [1.54, 1.807) is 7.11 Å². The lowest BCUT2D eigenvalue weighted by molar-refractivity contribution is 0.0378. The van der Waals surface area contributed by atoms with Crippen LogP contribution in [0.3, 0.4) is 0 Å². The number of nitrogen functional groups attached to an aromatic ring is 1. The average molecular weight is 358 g/mol. The van der Waals surface area contributed by atoms with Crippen molar-refractivity contribution in [2.24, 2.45) is 0 Å². The summed E-state index contributed by atoms with van der Waals surface area (Å²) in [6.07, 6.45) is 2.51. The summed E-state index contributed by atoms with van der Waals surface area (Å²) in [6.45, 7) is 5.49. The van der Waals surface area contributed by atoms with Crippen molar-refractivity contribution in [3.05, 3.63) is 30.6 Å². The maximum atomic E-state index is 6.23. The molecule has 0 saturated carbocycles. The summed E-state index contributed by atoms with van der Waals surface area (Å²) in [5.41, 5.74) is 7.52. The fourth-order valence-electron chi connectivity index (χ4n) is 2.85. The van der Waals surface area contributed by atoms with Crippen LogP contribution in [0.2, 0.25) is 0 Å². The first-order chi connectivity index (χ1) is 12.8. The molecule has 0 radical (unpaired) electrons. The fraction of sp³-hybridized carbons (Fsp3) is 0.444. The Kier molecular flexibility index (Phi) is 6.45. The Bertz CT molecular complexity index is 706. The summed E-state index contributed by atoms with van der Waals surface area (Å²) >= 11 is 0.